The monoisotopic (exact) mass is 356 g/mol. The van der Waals surface area contributed by atoms with Crippen LogP contribution in [0.2, 0.25) is 0 Å². The van der Waals surface area contributed by atoms with Gasteiger partial charge in [0.2, 0.25) is 0 Å². The fraction of sp³-hybridized carbons (Fsp3) is 0.300. The quantitative estimate of drug-likeness (QED) is 0.747. The van der Waals surface area contributed by atoms with Gasteiger partial charge in [0, 0.05) is 0 Å². The van der Waals surface area contributed by atoms with E-state index in [4.69, 9.17) is 9.47 Å². The van der Waals surface area contributed by atoms with Crippen molar-refractivity contribution in [1.82, 2.24) is 10.9 Å². The molecule has 2 N–H and O–H groups in total. The third-order valence-electron chi connectivity index (χ3n) is 3.74. The van der Waals surface area contributed by atoms with Crippen molar-refractivity contribution in [3.63, 3.8) is 0 Å². The second-order valence-corrected chi connectivity index (χ2v) is 5.90. The smallest absolute Gasteiger partial charge is 0.276 e. The van der Waals surface area contributed by atoms with Crippen molar-refractivity contribution in [2.75, 3.05) is 13.2 Å². The van der Waals surface area contributed by atoms with E-state index in [-0.39, 0.29) is 13.2 Å². The Hall–Kier alpha value is -3.02. The Balaban J connectivity index is 1.72. The highest BCUT2D eigenvalue weighted by Gasteiger charge is 2.08. The van der Waals surface area contributed by atoms with E-state index >= 15 is 0 Å². The van der Waals surface area contributed by atoms with Crippen LogP contribution >= 0.6 is 0 Å². The molecule has 2 aromatic rings. The van der Waals surface area contributed by atoms with E-state index in [1.165, 1.54) is 0 Å². The Morgan fingerprint density at radius 2 is 1.50 bits per heavy atom. The molecule has 0 aliphatic rings. The molecule has 0 atom stereocenters. The van der Waals surface area contributed by atoms with Crippen LogP contribution < -0.4 is 20.3 Å². The van der Waals surface area contributed by atoms with Gasteiger partial charge in [-0.2, -0.15) is 0 Å². The minimum absolute atomic E-state index is 0.185. The van der Waals surface area contributed by atoms with Crippen LogP contribution in [-0.4, -0.2) is 25.0 Å². The standard InChI is InChI=1S/C20H24N2O4/c1-4-16-7-5-6-8-18(16)26-13-20(24)22-21-19(23)12-25-17-10-9-14(2)11-15(17)3/h5-11H,4,12-13H2,1-3H3,(H,21,23)(H,22,24). The molecule has 0 unspecified atom stereocenters. The first-order valence-corrected chi connectivity index (χ1v) is 8.48. The largest absolute Gasteiger partial charge is 0.483 e. The molecule has 0 saturated heterocycles. The summed E-state index contributed by atoms with van der Waals surface area (Å²) in [7, 11) is 0. The lowest BCUT2D eigenvalue weighted by Crippen LogP contribution is -2.45. The third-order valence-corrected chi connectivity index (χ3v) is 3.74. The van der Waals surface area contributed by atoms with Gasteiger partial charge < -0.3 is 9.47 Å². The summed E-state index contributed by atoms with van der Waals surface area (Å²) in [5.74, 6) is 0.397. The second-order valence-electron chi connectivity index (χ2n) is 5.90. The number of aryl methyl sites for hydroxylation is 3. The summed E-state index contributed by atoms with van der Waals surface area (Å²) < 4.78 is 10.9. The molecule has 0 radical (unpaired) electrons. The Bertz CT molecular complexity index is 774. The number of benzene rings is 2. The molecule has 0 bridgehead atoms. The number of hydrazine groups is 1. The molecule has 0 aliphatic carbocycles. The van der Waals surface area contributed by atoms with Gasteiger partial charge in [-0.25, -0.2) is 0 Å². The zero-order valence-electron chi connectivity index (χ0n) is 15.3. The van der Waals surface area contributed by atoms with Gasteiger partial charge in [0.1, 0.15) is 11.5 Å². The predicted octanol–water partition coefficient (Wildman–Crippen LogP) is 2.47. The first-order valence-electron chi connectivity index (χ1n) is 8.48. The molecule has 2 rings (SSSR count). The zero-order chi connectivity index (χ0) is 18.9. The van der Waals surface area contributed by atoms with Crippen molar-refractivity contribution in [3.05, 3.63) is 59.2 Å². The molecule has 0 fully saturated rings. The van der Waals surface area contributed by atoms with Gasteiger partial charge in [-0.3, -0.25) is 20.4 Å². The van der Waals surface area contributed by atoms with Gasteiger partial charge in [0.25, 0.3) is 11.8 Å². The molecule has 0 aromatic heterocycles. The van der Waals surface area contributed by atoms with Crippen molar-refractivity contribution < 1.29 is 19.1 Å². The van der Waals surface area contributed by atoms with Crippen molar-refractivity contribution in [3.8, 4) is 11.5 Å². The summed E-state index contributed by atoms with van der Waals surface area (Å²) in [4.78, 5) is 23.6. The van der Waals surface area contributed by atoms with E-state index < -0.39 is 11.8 Å². The van der Waals surface area contributed by atoms with Crippen LogP contribution in [0.3, 0.4) is 0 Å². The topological polar surface area (TPSA) is 76.7 Å². The van der Waals surface area contributed by atoms with E-state index in [2.05, 4.69) is 10.9 Å². The van der Waals surface area contributed by atoms with Crippen molar-refractivity contribution >= 4 is 11.8 Å². The summed E-state index contributed by atoms with van der Waals surface area (Å²) in [5.41, 5.74) is 7.70. The van der Waals surface area contributed by atoms with E-state index in [9.17, 15) is 9.59 Å². The number of para-hydroxylation sites is 1. The van der Waals surface area contributed by atoms with Gasteiger partial charge in [0.05, 0.1) is 0 Å². The van der Waals surface area contributed by atoms with E-state index in [1.807, 2.05) is 63.2 Å². The number of carbonyl (C=O) groups is 2. The first-order chi connectivity index (χ1) is 12.5. The molecular formula is C20H24N2O4. The highest BCUT2D eigenvalue weighted by atomic mass is 16.5. The molecule has 2 aromatic carbocycles. The highest BCUT2D eigenvalue weighted by Crippen LogP contribution is 2.19. The maximum atomic E-state index is 11.8. The van der Waals surface area contributed by atoms with Crippen molar-refractivity contribution in [2.45, 2.75) is 27.2 Å². The highest BCUT2D eigenvalue weighted by molar-refractivity contribution is 5.83. The van der Waals surface area contributed by atoms with Crippen molar-refractivity contribution in [1.29, 1.82) is 0 Å². The average Bonchev–Trinajstić information content (AvgIpc) is 2.64. The Morgan fingerprint density at radius 3 is 2.12 bits per heavy atom. The van der Waals surface area contributed by atoms with Crippen LogP contribution in [0.1, 0.15) is 23.6 Å². The zero-order valence-corrected chi connectivity index (χ0v) is 15.3. The molecular weight excluding hydrogens is 332 g/mol. The van der Waals surface area contributed by atoms with Crippen LogP contribution in [-0.2, 0) is 16.0 Å². The number of rotatable bonds is 7. The minimum Gasteiger partial charge on any atom is -0.483 e. The minimum atomic E-state index is -0.452. The van der Waals surface area contributed by atoms with E-state index in [0.29, 0.717) is 11.5 Å². The van der Waals surface area contributed by atoms with Crippen molar-refractivity contribution in [2.24, 2.45) is 0 Å². The number of hydrogen-bond donors (Lipinski definition) is 2. The third kappa shape index (κ3) is 5.81. The van der Waals surface area contributed by atoms with E-state index in [1.54, 1.807) is 0 Å². The van der Waals surface area contributed by atoms with Crippen LogP contribution in [0.5, 0.6) is 11.5 Å². The summed E-state index contributed by atoms with van der Waals surface area (Å²) in [5, 5.41) is 0. The summed E-state index contributed by atoms with van der Waals surface area (Å²) >= 11 is 0. The molecule has 26 heavy (non-hydrogen) atoms. The lowest BCUT2D eigenvalue weighted by atomic mass is 10.1. The number of carbonyl (C=O) groups excluding carboxylic acids is 2. The maximum Gasteiger partial charge on any atom is 0.276 e. The fourth-order valence-electron chi connectivity index (χ4n) is 2.40. The average molecular weight is 356 g/mol. The van der Waals surface area contributed by atoms with E-state index in [0.717, 1.165) is 23.1 Å². The molecule has 0 aliphatic heterocycles. The Labute approximate surface area is 153 Å². The van der Waals surface area contributed by atoms with Gasteiger partial charge in [-0.1, -0.05) is 42.8 Å². The number of nitrogens with one attached hydrogen (secondary N) is 2. The van der Waals surface area contributed by atoms with Crippen LogP contribution in [0.25, 0.3) is 0 Å². The van der Waals surface area contributed by atoms with Crippen LogP contribution in [0.4, 0.5) is 0 Å². The molecule has 6 heteroatoms. The molecule has 138 valence electrons. The lowest BCUT2D eigenvalue weighted by molar-refractivity contribution is -0.131. The number of amides is 2. The summed E-state index contributed by atoms with van der Waals surface area (Å²) in [6, 6.07) is 13.2. The normalized spacial score (nSPS) is 10.1. The molecule has 6 nitrogen and oxygen atoms in total. The predicted molar refractivity (Wildman–Crippen MR) is 99.0 cm³/mol. The number of hydrogen-bond acceptors (Lipinski definition) is 4. The lowest BCUT2D eigenvalue weighted by Gasteiger charge is -2.12. The summed E-state index contributed by atoms with van der Waals surface area (Å²) in [6.45, 7) is 5.53. The summed E-state index contributed by atoms with van der Waals surface area (Å²) in [6.07, 6.45) is 0.810. The van der Waals surface area contributed by atoms with Gasteiger partial charge >= 0.3 is 0 Å². The molecule has 0 saturated carbocycles. The fourth-order valence-corrected chi connectivity index (χ4v) is 2.40. The molecule has 0 heterocycles. The van der Waals surface area contributed by atoms with Crippen LogP contribution in [0.15, 0.2) is 42.5 Å². The number of ether oxygens (including phenoxy) is 2. The Morgan fingerprint density at radius 1 is 0.885 bits per heavy atom. The van der Waals surface area contributed by atoms with Gasteiger partial charge in [-0.05, 0) is 43.5 Å². The van der Waals surface area contributed by atoms with Crippen LogP contribution in [0, 0.1) is 13.8 Å². The van der Waals surface area contributed by atoms with Gasteiger partial charge in [-0.15, -0.1) is 0 Å². The first kappa shape index (κ1) is 19.3. The van der Waals surface area contributed by atoms with Gasteiger partial charge in [0.15, 0.2) is 13.2 Å². The molecule has 2 amide bonds. The SMILES string of the molecule is CCc1ccccc1OCC(=O)NNC(=O)COc1ccc(C)cc1C. The maximum absolute atomic E-state index is 11.8. The molecule has 0 spiro atoms. The second kappa shape index (κ2) is 9.46. The Kier molecular flexibility index (Phi) is 7.02.